The van der Waals surface area contributed by atoms with Gasteiger partial charge in [-0.3, -0.25) is 0 Å². The Labute approximate surface area is 160 Å². The van der Waals surface area contributed by atoms with Crippen LogP contribution in [0.4, 0.5) is 24.5 Å². The molecule has 0 atom stereocenters. The smallest absolute Gasteiger partial charge is 0.508 e. The number of nitrogens with zero attached hydrogens (tertiary/aromatic N) is 2. The summed E-state index contributed by atoms with van der Waals surface area (Å²) in [6, 6.07) is 12.5. The first-order valence-electron chi connectivity index (χ1n) is 8.26. The number of hydrogen-bond acceptors (Lipinski definition) is 4. The van der Waals surface area contributed by atoms with E-state index in [4.69, 9.17) is 12.2 Å². The van der Waals surface area contributed by atoms with Crippen molar-refractivity contribution in [1.82, 2.24) is 4.90 Å². The Morgan fingerprint density at radius 1 is 0.963 bits per heavy atom. The van der Waals surface area contributed by atoms with Crippen LogP contribution < -0.4 is 15.0 Å². The second kappa shape index (κ2) is 7.91. The Morgan fingerprint density at radius 3 is 2.11 bits per heavy atom. The van der Waals surface area contributed by atoms with Gasteiger partial charge in [0.05, 0.1) is 0 Å². The standard InChI is InChI=1S/C18H18F3N3O2S/c19-18(20,21)26-16-7-1-13(2-8-16)22-17(27)24-11-9-23(10-12-24)14-3-5-15(25)6-4-14/h1-8,25H,9-12H2,(H,22,27). The van der Waals surface area contributed by atoms with E-state index in [0.29, 0.717) is 23.9 Å². The molecule has 5 nitrogen and oxygen atoms in total. The summed E-state index contributed by atoms with van der Waals surface area (Å²) in [5.41, 5.74) is 1.63. The molecule has 0 unspecified atom stereocenters. The maximum Gasteiger partial charge on any atom is 0.573 e. The monoisotopic (exact) mass is 397 g/mol. The van der Waals surface area contributed by atoms with Crippen LogP contribution >= 0.6 is 12.2 Å². The van der Waals surface area contributed by atoms with E-state index in [1.807, 2.05) is 17.0 Å². The molecule has 2 aromatic rings. The van der Waals surface area contributed by atoms with E-state index >= 15 is 0 Å². The van der Waals surface area contributed by atoms with Crippen LogP contribution in [0.25, 0.3) is 0 Å². The predicted molar refractivity (Wildman–Crippen MR) is 101 cm³/mol. The van der Waals surface area contributed by atoms with Crippen molar-refractivity contribution < 1.29 is 23.0 Å². The first-order valence-corrected chi connectivity index (χ1v) is 8.67. The normalized spacial score (nSPS) is 14.8. The summed E-state index contributed by atoms with van der Waals surface area (Å²) in [5, 5.41) is 12.9. The maximum atomic E-state index is 12.2. The van der Waals surface area contributed by atoms with Gasteiger partial charge in [-0.05, 0) is 60.7 Å². The Hall–Kier alpha value is -2.68. The number of anilines is 2. The van der Waals surface area contributed by atoms with Crippen LogP contribution in [0.5, 0.6) is 11.5 Å². The summed E-state index contributed by atoms with van der Waals surface area (Å²) >= 11 is 5.40. The minimum Gasteiger partial charge on any atom is -0.508 e. The number of rotatable bonds is 3. The fourth-order valence-electron chi connectivity index (χ4n) is 2.77. The molecule has 0 radical (unpaired) electrons. The van der Waals surface area contributed by atoms with Gasteiger partial charge in [0.25, 0.3) is 0 Å². The highest BCUT2D eigenvalue weighted by Crippen LogP contribution is 2.24. The van der Waals surface area contributed by atoms with Crippen LogP contribution in [0.15, 0.2) is 48.5 Å². The number of phenolic OH excluding ortho intramolecular Hbond substituents is 1. The van der Waals surface area contributed by atoms with Crippen LogP contribution in [0.1, 0.15) is 0 Å². The van der Waals surface area contributed by atoms with Gasteiger partial charge in [-0.1, -0.05) is 0 Å². The lowest BCUT2D eigenvalue weighted by Crippen LogP contribution is -2.50. The van der Waals surface area contributed by atoms with E-state index in [-0.39, 0.29) is 11.5 Å². The average Bonchev–Trinajstić information content (AvgIpc) is 2.63. The molecule has 1 fully saturated rings. The van der Waals surface area contributed by atoms with Gasteiger partial charge in [-0.2, -0.15) is 0 Å². The molecule has 27 heavy (non-hydrogen) atoms. The van der Waals surface area contributed by atoms with Gasteiger partial charge in [0.15, 0.2) is 5.11 Å². The van der Waals surface area contributed by atoms with Gasteiger partial charge in [0.2, 0.25) is 0 Å². The number of thiocarbonyl (C=S) groups is 1. The second-order valence-corrected chi connectivity index (χ2v) is 6.38. The van der Waals surface area contributed by atoms with E-state index in [2.05, 4.69) is 15.0 Å². The van der Waals surface area contributed by atoms with E-state index in [1.165, 1.54) is 24.3 Å². The van der Waals surface area contributed by atoms with Gasteiger partial charge in [-0.15, -0.1) is 13.2 Å². The fourth-order valence-corrected chi connectivity index (χ4v) is 3.07. The molecule has 1 saturated heterocycles. The quantitative estimate of drug-likeness (QED) is 0.769. The zero-order chi connectivity index (χ0) is 19.4. The fraction of sp³-hybridized carbons (Fsp3) is 0.278. The van der Waals surface area contributed by atoms with Crippen LogP contribution in [0, 0.1) is 0 Å². The molecule has 1 heterocycles. The van der Waals surface area contributed by atoms with E-state index < -0.39 is 6.36 Å². The van der Waals surface area contributed by atoms with Gasteiger partial charge in [-0.25, -0.2) is 0 Å². The van der Waals surface area contributed by atoms with Crippen LogP contribution in [-0.4, -0.2) is 47.7 Å². The van der Waals surface area contributed by atoms with Gasteiger partial charge >= 0.3 is 6.36 Å². The van der Waals surface area contributed by atoms with Crippen molar-refractivity contribution in [3.8, 4) is 11.5 Å². The Morgan fingerprint density at radius 2 is 1.56 bits per heavy atom. The molecule has 0 bridgehead atoms. The molecule has 0 saturated carbocycles. The number of benzene rings is 2. The number of halogens is 3. The van der Waals surface area contributed by atoms with Crippen molar-refractivity contribution in [2.24, 2.45) is 0 Å². The van der Waals surface area contributed by atoms with E-state index in [0.717, 1.165) is 18.8 Å². The second-order valence-electron chi connectivity index (χ2n) is 5.99. The van der Waals surface area contributed by atoms with Gasteiger partial charge in [0, 0.05) is 37.6 Å². The van der Waals surface area contributed by atoms with Gasteiger partial charge < -0.3 is 25.0 Å². The highest BCUT2D eigenvalue weighted by atomic mass is 32.1. The number of piperazine rings is 1. The summed E-state index contributed by atoms with van der Waals surface area (Å²) in [4.78, 5) is 4.20. The summed E-state index contributed by atoms with van der Waals surface area (Å²) in [7, 11) is 0. The minimum atomic E-state index is -4.71. The number of nitrogens with one attached hydrogen (secondary N) is 1. The van der Waals surface area contributed by atoms with Crippen LogP contribution in [0.2, 0.25) is 0 Å². The minimum absolute atomic E-state index is 0.231. The molecule has 1 aliphatic rings. The summed E-state index contributed by atoms with van der Waals surface area (Å²) < 4.78 is 40.4. The summed E-state index contributed by atoms with van der Waals surface area (Å²) in [6.07, 6.45) is -4.71. The van der Waals surface area contributed by atoms with Crippen LogP contribution in [-0.2, 0) is 0 Å². The van der Waals surface area contributed by atoms with E-state index in [9.17, 15) is 18.3 Å². The first kappa shape index (κ1) is 19.1. The SMILES string of the molecule is Oc1ccc(N2CCN(C(=S)Nc3ccc(OC(F)(F)F)cc3)CC2)cc1. The van der Waals surface area contributed by atoms with Crippen molar-refractivity contribution >= 4 is 28.7 Å². The highest BCUT2D eigenvalue weighted by molar-refractivity contribution is 7.80. The zero-order valence-electron chi connectivity index (χ0n) is 14.2. The van der Waals surface area contributed by atoms with Crippen molar-refractivity contribution in [1.29, 1.82) is 0 Å². The molecule has 144 valence electrons. The molecule has 1 aliphatic heterocycles. The van der Waals surface area contributed by atoms with Gasteiger partial charge in [0.1, 0.15) is 11.5 Å². The average molecular weight is 397 g/mol. The van der Waals surface area contributed by atoms with Crippen molar-refractivity contribution in [3.63, 3.8) is 0 Å². The Kier molecular flexibility index (Phi) is 5.59. The number of phenols is 1. The summed E-state index contributed by atoms with van der Waals surface area (Å²) in [5.74, 6) is -0.0455. The number of aromatic hydroxyl groups is 1. The van der Waals surface area contributed by atoms with Crippen molar-refractivity contribution in [2.75, 3.05) is 36.4 Å². The largest absolute Gasteiger partial charge is 0.573 e. The zero-order valence-corrected chi connectivity index (χ0v) is 15.1. The van der Waals surface area contributed by atoms with Crippen LogP contribution in [0.3, 0.4) is 0 Å². The highest BCUT2D eigenvalue weighted by Gasteiger charge is 2.31. The molecular weight excluding hydrogens is 379 g/mol. The molecule has 0 spiro atoms. The molecule has 9 heteroatoms. The molecule has 2 aromatic carbocycles. The lowest BCUT2D eigenvalue weighted by molar-refractivity contribution is -0.274. The maximum absolute atomic E-state index is 12.2. The predicted octanol–water partition coefficient (Wildman–Crippen LogP) is 3.81. The van der Waals surface area contributed by atoms with Crippen molar-refractivity contribution in [3.05, 3.63) is 48.5 Å². The lowest BCUT2D eigenvalue weighted by atomic mass is 10.2. The van der Waals surface area contributed by atoms with Crippen molar-refractivity contribution in [2.45, 2.75) is 6.36 Å². The topological polar surface area (TPSA) is 48.0 Å². The van der Waals surface area contributed by atoms with E-state index in [1.54, 1.807) is 12.1 Å². The Bertz CT molecular complexity index is 774. The third-order valence-corrected chi connectivity index (χ3v) is 4.48. The third-order valence-electron chi connectivity index (χ3n) is 4.12. The summed E-state index contributed by atoms with van der Waals surface area (Å²) in [6.45, 7) is 2.96. The number of hydrogen-bond donors (Lipinski definition) is 2. The molecular formula is C18H18F3N3O2S. The third kappa shape index (κ3) is 5.40. The lowest BCUT2D eigenvalue weighted by Gasteiger charge is -2.37. The molecule has 0 amide bonds. The molecule has 0 aromatic heterocycles. The first-order chi connectivity index (χ1) is 12.8. The number of ether oxygens (including phenoxy) is 1. The molecule has 0 aliphatic carbocycles. The molecule has 3 rings (SSSR count). The number of alkyl halides is 3. The Balaban J connectivity index is 1.51. The molecule has 2 N–H and O–H groups in total.